The molecule has 1 saturated heterocycles. The second-order valence-corrected chi connectivity index (χ2v) is 5.03. The molecule has 1 aliphatic heterocycles. The Labute approximate surface area is 113 Å². The highest BCUT2D eigenvalue weighted by Crippen LogP contribution is 2.16. The molecular weight excluding hydrogens is 244 g/mol. The Bertz CT molecular complexity index is 461. The quantitative estimate of drug-likeness (QED) is 0.822. The number of aryl methyl sites for hydroxylation is 2. The lowest BCUT2D eigenvalue weighted by Gasteiger charge is -2.34. The second kappa shape index (κ2) is 5.71. The van der Waals surface area contributed by atoms with Gasteiger partial charge in [-0.05, 0) is 13.8 Å². The molecule has 0 aromatic carbocycles. The number of amides is 1. The Kier molecular flexibility index (Phi) is 4.21. The molecule has 0 radical (unpaired) electrons. The molecule has 0 atom stereocenters. The fraction of sp³-hybridized carbons (Fsp3) is 0.692. The number of hydrogen-bond acceptors (Lipinski definition) is 4. The van der Waals surface area contributed by atoms with Crippen molar-refractivity contribution in [3.63, 3.8) is 0 Å². The molecule has 0 unspecified atom stereocenters. The van der Waals surface area contributed by atoms with Gasteiger partial charge in [-0.2, -0.15) is 5.10 Å². The maximum atomic E-state index is 12.5. The molecule has 0 spiro atoms. The third-order valence-electron chi connectivity index (χ3n) is 3.80. The van der Waals surface area contributed by atoms with Crippen LogP contribution in [0.5, 0.6) is 0 Å². The van der Waals surface area contributed by atoms with Crippen LogP contribution in [0.4, 0.5) is 0 Å². The molecule has 6 nitrogen and oxygen atoms in total. The lowest BCUT2D eigenvalue weighted by Crippen LogP contribution is -2.49. The SMILES string of the molecule is Cc1nn(C)c(C)c1C(=O)N1CCN(CCO)CC1. The van der Waals surface area contributed by atoms with Crippen molar-refractivity contribution in [3.8, 4) is 0 Å². The smallest absolute Gasteiger partial charge is 0.257 e. The molecule has 106 valence electrons. The molecule has 2 heterocycles. The summed E-state index contributed by atoms with van der Waals surface area (Å²) in [6.45, 7) is 7.74. The maximum absolute atomic E-state index is 12.5. The van der Waals surface area contributed by atoms with E-state index in [4.69, 9.17) is 5.11 Å². The van der Waals surface area contributed by atoms with Crippen molar-refractivity contribution in [3.05, 3.63) is 17.0 Å². The van der Waals surface area contributed by atoms with E-state index in [1.54, 1.807) is 4.68 Å². The first-order chi connectivity index (χ1) is 9.04. The van der Waals surface area contributed by atoms with Gasteiger partial charge in [0.15, 0.2) is 0 Å². The van der Waals surface area contributed by atoms with Crippen molar-refractivity contribution in [2.75, 3.05) is 39.3 Å². The number of aliphatic hydroxyl groups excluding tert-OH is 1. The van der Waals surface area contributed by atoms with Gasteiger partial charge in [0, 0.05) is 45.5 Å². The van der Waals surface area contributed by atoms with Crippen LogP contribution >= 0.6 is 0 Å². The van der Waals surface area contributed by atoms with Gasteiger partial charge in [0.2, 0.25) is 0 Å². The van der Waals surface area contributed by atoms with Crippen LogP contribution in [0.1, 0.15) is 21.7 Å². The fourth-order valence-electron chi connectivity index (χ4n) is 2.56. The summed E-state index contributed by atoms with van der Waals surface area (Å²) >= 11 is 0. The summed E-state index contributed by atoms with van der Waals surface area (Å²) in [5, 5.41) is 13.2. The zero-order valence-corrected chi connectivity index (χ0v) is 11.9. The standard InChI is InChI=1S/C13H22N4O2/c1-10-12(11(2)15(3)14-10)13(19)17-6-4-16(5-7-17)8-9-18/h18H,4-9H2,1-3H3. The molecule has 1 fully saturated rings. The first kappa shape index (κ1) is 14.0. The molecular formula is C13H22N4O2. The van der Waals surface area contributed by atoms with Crippen molar-refractivity contribution in [1.82, 2.24) is 19.6 Å². The summed E-state index contributed by atoms with van der Waals surface area (Å²) in [6, 6.07) is 0. The zero-order chi connectivity index (χ0) is 14.0. The van der Waals surface area contributed by atoms with Crippen molar-refractivity contribution in [2.45, 2.75) is 13.8 Å². The number of aliphatic hydroxyl groups is 1. The molecule has 2 rings (SSSR count). The summed E-state index contributed by atoms with van der Waals surface area (Å²) < 4.78 is 1.75. The molecule has 1 aromatic heterocycles. The van der Waals surface area contributed by atoms with Crippen molar-refractivity contribution in [2.24, 2.45) is 7.05 Å². The van der Waals surface area contributed by atoms with Crippen LogP contribution in [0.2, 0.25) is 0 Å². The molecule has 19 heavy (non-hydrogen) atoms. The van der Waals surface area contributed by atoms with Crippen molar-refractivity contribution in [1.29, 1.82) is 0 Å². The largest absolute Gasteiger partial charge is 0.395 e. The number of rotatable bonds is 3. The lowest BCUT2D eigenvalue weighted by atomic mass is 10.1. The first-order valence-electron chi connectivity index (χ1n) is 6.67. The minimum Gasteiger partial charge on any atom is -0.395 e. The van der Waals surface area contributed by atoms with Gasteiger partial charge in [-0.15, -0.1) is 0 Å². The minimum absolute atomic E-state index is 0.0757. The Morgan fingerprint density at radius 1 is 1.26 bits per heavy atom. The molecule has 1 N–H and O–H groups in total. The maximum Gasteiger partial charge on any atom is 0.257 e. The summed E-state index contributed by atoms with van der Waals surface area (Å²) in [6.07, 6.45) is 0. The zero-order valence-electron chi connectivity index (χ0n) is 11.9. The molecule has 6 heteroatoms. The van der Waals surface area contributed by atoms with Gasteiger partial charge in [-0.25, -0.2) is 0 Å². The van der Waals surface area contributed by atoms with Gasteiger partial charge in [-0.1, -0.05) is 0 Å². The number of hydrogen-bond donors (Lipinski definition) is 1. The lowest BCUT2D eigenvalue weighted by molar-refractivity contribution is 0.0613. The number of β-amino-alcohol motifs (C(OH)–C–C–N with tert-alkyl or cyclic N) is 1. The monoisotopic (exact) mass is 266 g/mol. The summed E-state index contributed by atoms with van der Waals surface area (Å²) in [4.78, 5) is 16.6. The van der Waals surface area contributed by atoms with Crippen LogP contribution in [0.25, 0.3) is 0 Å². The van der Waals surface area contributed by atoms with Crippen molar-refractivity contribution >= 4 is 5.91 Å². The fourth-order valence-corrected chi connectivity index (χ4v) is 2.56. The van der Waals surface area contributed by atoms with E-state index in [9.17, 15) is 4.79 Å². The minimum atomic E-state index is 0.0757. The normalized spacial score (nSPS) is 16.9. The average Bonchev–Trinajstić information content (AvgIpc) is 2.64. The van der Waals surface area contributed by atoms with Crippen LogP contribution in [-0.2, 0) is 7.05 Å². The Morgan fingerprint density at radius 3 is 2.37 bits per heavy atom. The number of carbonyl (C=O) groups is 1. The Balaban J connectivity index is 2.05. The predicted molar refractivity (Wildman–Crippen MR) is 72.1 cm³/mol. The van der Waals surface area contributed by atoms with Gasteiger partial charge in [0.25, 0.3) is 5.91 Å². The summed E-state index contributed by atoms with van der Waals surface area (Å²) in [5.74, 6) is 0.0757. The van der Waals surface area contributed by atoms with Gasteiger partial charge < -0.3 is 10.0 Å². The highest BCUT2D eigenvalue weighted by atomic mass is 16.3. The van der Waals surface area contributed by atoms with Gasteiger partial charge in [-0.3, -0.25) is 14.4 Å². The highest BCUT2D eigenvalue weighted by Gasteiger charge is 2.26. The molecule has 1 aromatic rings. The Morgan fingerprint density at radius 2 is 1.89 bits per heavy atom. The topological polar surface area (TPSA) is 61.6 Å². The van der Waals surface area contributed by atoms with Gasteiger partial charge >= 0.3 is 0 Å². The summed E-state index contributed by atoms with van der Waals surface area (Å²) in [7, 11) is 1.86. The number of aromatic nitrogens is 2. The molecule has 1 amide bonds. The van der Waals surface area contributed by atoms with E-state index in [-0.39, 0.29) is 12.5 Å². The van der Waals surface area contributed by atoms with E-state index in [0.717, 1.165) is 30.0 Å². The van der Waals surface area contributed by atoms with Crippen molar-refractivity contribution < 1.29 is 9.90 Å². The van der Waals surface area contributed by atoms with E-state index < -0.39 is 0 Å². The number of nitrogens with zero attached hydrogens (tertiary/aromatic N) is 4. The van der Waals surface area contributed by atoms with Crippen LogP contribution in [0.15, 0.2) is 0 Å². The van der Waals surface area contributed by atoms with E-state index in [0.29, 0.717) is 19.6 Å². The predicted octanol–water partition coefficient (Wildman–Crippen LogP) is -0.213. The molecule has 0 bridgehead atoms. The van der Waals surface area contributed by atoms with E-state index in [1.807, 2.05) is 25.8 Å². The van der Waals surface area contributed by atoms with Gasteiger partial charge in [0.05, 0.1) is 17.9 Å². The molecule has 1 aliphatic rings. The average molecular weight is 266 g/mol. The number of piperazine rings is 1. The molecule has 0 aliphatic carbocycles. The van der Waals surface area contributed by atoms with E-state index in [1.165, 1.54) is 0 Å². The highest BCUT2D eigenvalue weighted by molar-refractivity contribution is 5.96. The van der Waals surface area contributed by atoms with Gasteiger partial charge in [0.1, 0.15) is 0 Å². The van der Waals surface area contributed by atoms with Crippen LogP contribution < -0.4 is 0 Å². The van der Waals surface area contributed by atoms with Crippen LogP contribution in [-0.4, -0.2) is 69.9 Å². The van der Waals surface area contributed by atoms with Crippen LogP contribution in [0.3, 0.4) is 0 Å². The summed E-state index contributed by atoms with van der Waals surface area (Å²) in [5.41, 5.74) is 2.45. The third-order valence-corrected chi connectivity index (χ3v) is 3.80. The molecule has 0 saturated carbocycles. The third kappa shape index (κ3) is 2.79. The van der Waals surface area contributed by atoms with E-state index >= 15 is 0 Å². The first-order valence-corrected chi connectivity index (χ1v) is 6.67. The van der Waals surface area contributed by atoms with Crippen LogP contribution in [0, 0.1) is 13.8 Å². The van der Waals surface area contributed by atoms with E-state index in [2.05, 4.69) is 10.00 Å². The number of carbonyl (C=O) groups excluding carboxylic acids is 1. The Hall–Kier alpha value is -1.40. The second-order valence-electron chi connectivity index (χ2n) is 5.03.